The van der Waals surface area contributed by atoms with Gasteiger partial charge in [-0.3, -0.25) is 10.2 Å². The molecule has 2 aromatic carbocycles. The molecule has 1 aliphatic rings. The van der Waals surface area contributed by atoms with Crippen molar-refractivity contribution in [1.82, 2.24) is 0 Å². The first-order valence-electron chi connectivity index (χ1n) is 6.61. The second kappa shape index (κ2) is 5.58. The van der Waals surface area contributed by atoms with Gasteiger partial charge in [-0.25, -0.2) is 0 Å². The molecule has 3 rings (SSSR count). The average molecular weight is 300 g/mol. The van der Waals surface area contributed by atoms with E-state index in [1.807, 2.05) is 36.4 Å². The number of nitrogens with zero attached hydrogens (tertiary/aromatic N) is 2. The number of para-hydroxylation sites is 1. The first-order valence-corrected chi connectivity index (χ1v) is 6.98. The maximum Gasteiger partial charge on any atom is 0.224 e. The highest BCUT2D eigenvalue weighted by Gasteiger charge is 2.27. The normalized spacial score (nSPS) is 15.1. The second-order valence-electron chi connectivity index (χ2n) is 4.80. The van der Waals surface area contributed by atoms with Crippen molar-refractivity contribution in [2.24, 2.45) is 5.10 Å². The molecule has 0 radical (unpaired) electrons. The Morgan fingerprint density at radius 1 is 1.19 bits per heavy atom. The minimum Gasteiger partial charge on any atom is -0.306 e. The molecule has 1 amide bonds. The van der Waals surface area contributed by atoms with Crippen LogP contribution in [0.2, 0.25) is 5.02 Å². The van der Waals surface area contributed by atoms with Crippen molar-refractivity contribution in [3.8, 4) is 0 Å². The molecule has 0 unspecified atom stereocenters. The standard InChI is InChI=1S/C16H14ClN3O/c1-11(21)20-10-15(14-4-2-3-5-16(14)20)19-18-13-8-6-12(17)7-9-13/h2-9,18H,10H2,1H3/b19-15+. The molecule has 0 bridgehead atoms. The maximum atomic E-state index is 11.7. The lowest BCUT2D eigenvalue weighted by atomic mass is 10.1. The summed E-state index contributed by atoms with van der Waals surface area (Å²) in [6.07, 6.45) is 0. The smallest absolute Gasteiger partial charge is 0.224 e. The zero-order valence-corrected chi connectivity index (χ0v) is 12.3. The molecule has 2 aromatic rings. The fraction of sp³-hybridized carbons (Fsp3) is 0.125. The maximum absolute atomic E-state index is 11.7. The molecule has 1 N–H and O–H groups in total. The molecule has 0 fully saturated rings. The van der Waals surface area contributed by atoms with Crippen LogP contribution in [0.4, 0.5) is 11.4 Å². The van der Waals surface area contributed by atoms with E-state index in [9.17, 15) is 4.79 Å². The first-order chi connectivity index (χ1) is 10.1. The second-order valence-corrected chi connectivity index (χ2v) is 5.24. The number of hydrazone groups is 1. The van der Waals surface area contributed by atoms with Gasteiger partial charge in [0.25, 0.3) is 0 Å². The summed E-state index contributed by atoms with van der Waals surface area (Å²) in [4.78, 5) is 13.4. The van der Waals surface area contributed by atoms with Gasteiger partial charge in [0.1, 0.15) is 0 Å². The van der Waals surface area contributed by atoms with Crippen LogP contribution in [0, 0.1) is 0 Å². The van der Waals surface area contributed by atoms with Crippen molar-refractivity contribution in [1.29, 1.82) is 0 Å². The number of carbonyl (C=O) groups is 1. The summed E-state index contributed by atoms with van der Waals surface area (Å²) >= 11 is 5.85. The van der Waals surface area contributed by atoms with Gasteiger partial charge in [0, 0.05) is 17.5 Å². The number of hydrogen-bond acceptors (Lipinski definition) is 3. The van der Waals surface area contributed by atoms with E-state index < -0.39 is 0 Å². The van der Waals surface area contributed by atoms with Crippen molar-refractivity contribution in [3.63, 3.8) is 0 Å². The van der Waals surface area contributed by atoms with Crippen LogP contribution in [0.15, 0.2) is 53.6 Å². The van der Waals surface area contributed by atoms with Crippen molar-refractivity contribution in [3.05, 3.63) is 59.1 Å². The van der Waals surface area contributed by atoms with E-state index in [-0.39, 0.29) is 5.91 Å². The molecule has 106 valence electrons. The Morgan fingerprint density at radius 3 is 2.62 bits per heavy atom. The van der Waals surface area contributed by atoms with Crippen molar-refractivity contribution in [2.75, 3.05) is 16.9 Å². The lowest BCUT2D eigenvalue weighted by molar-refractivity contribution is -0.116. The van der Waals surface area contributed by atoms with Crippen molar-refractivity contribution in [2.45, 2.75) is 6.92 Å². The largest absolute Gasteiger partial charge is 0.306 e. The van der Waals surface area contributed by atoms with E-state index >= 15 is 0 Å². The minimum atomic E-state index is 0.0131. The molecule has 5 heteroatoms. The highest BCUT2D eigenvalue weighted by Crippen LogP contribution is 2.28. The summed E-state index contributed by atoms with van der Waals surface area (Å²) in [5, 5.41) is 5.11. The Bertz CT molecular complexity index is 710. The molecule has 21 heavy (non-hydrogen) atoms. The van der Waals surface area contributed by atoms with Crippen LogP contribution in [-0.2, 0) is 4.79 Å². The molecule has 0 saturated carbocycles. The van der Waals surface area contributed by atoms with Crippen LogP contribution < -0.4 is 10.3 Å². The number of halogens is 1. The molecule has 0 aliphatic carbocycles. The Labute approximate surface area is 128 Å². The molecule has 0 spiro atoms. The third-order valence-electron chi connectivity index (χ3n) is 3.36. The van der Waals surface area contributed by atoms with Crippen LogP contribution in [0.3, 0.4) is 0 Å². The number of hydrogen-bond donors (Lipinski definition) is 1. The van der Waals surface area contributed by atoms with Crippen molar-refractivity contribution >= 4 is 34.6 Å². The minimum absolute atomic E-state index is 0.0131. The summed E-state index contributed by atoms with van der Waals surface area (Å²) in [6, 6.07) is 15.1. The molecular weight excluding hydrogens is 286 g/mol. The molecule has 4 nitrogen and oxygen atoms in total. The van der Waals surface area contributed by atoms with Gasteiger partial charge >= 0.3 is 0 Å². The number of amides is 1. The number of fused-ring (bicyclic) bond motifs is 1. The molecular formula is C16H14ClN3O. The molecule has 1 heterocycles. The van der Waals surface area contributed by atoms with Gasteiger partial charge in [-0.2, -0.15) is 5.10 Å². The van der Waals surface area contributed by atoms with Crippen LogP contribution in [0.5, 0.6) is 0 Å². The summed E-state index contributed by atoms with van der Waals surface area (Å²) in [6.45, 7) is 2.04. The van der Waals surface area contributed by atoms with Crippen LogP contribution in [-0.4, -0.2) is 18.2 Å². The van der Waals surface area contributed by atoms with Gasteiger partial charge in [0.2, 0.25) is 5.91 Å². The topological polar surface area (TPSA) is 44.7 Å². The lowest BCUT2D eigenvalue weighted by Gasteiger charge is -2.13. The highest BCUT2D eigenvalue weighted by molar-refractivity contribution is 6.30. The van der Waals surface area contributed by atoms with Gasteiger partial charge < -0.3 is 4.90 Å². The highest BCUT2D eigenvalue weighted by atomic mass is 35.5. The third kappa shape index (κ3) is 2.76. The zero-order chi connectivity index (χ0) is 14.8. The van der Waals surface area contributed by atoms with Gasteiger partial charge in [0.05, 0.1) is 23.6 Å². The van der Waals surface area contributed by atoms with Gasteiger partial charge in [-0.05, 0) is 30.3 Å². The first kappa shape index (κ1) is 13.6. The zero-order valence-electron chi connectivity index (χ0n) is 11.5. The Morgan fingerprint density at radius 2 is 1.90 bits per heavy atom. The number of anilines is 2. The van der Waals surface area contributed by atoms with E-state index in [1.54, 1.807) is 24.0 Å². The molecule has 0 saturated heterocycles. The average Bonchev–Trinajstić information content (AvgIpc) is 2.86. The number of nitrogens with one attached hydrogen (secondary N) is 1. The third-order valence-corrected chi connectivity index (χ3v) is 3.61. The molecule has 0 aromatic heterocycles. The summed E-state index contributed by atoms with van der Waals surface area (Å²) < 4.78 is 0. The fourth-order valence-electron chi connectivity index (χ4n) is 2.31. The quantitative estimate of drug-likeness (QED) is 0.862. The summed E-state index contributed by atoms with van der Waals surface area (Å²) in [5.41, 5.74) is 6.59. The van der Waals surface area contributed by atoms with Gasteiger partial charge in [-0.1, -0.05) is 29.8 Å². The van der Waals surface area contributed by atoms with Gasteiger partial charge in [0.15, 0.2) is 0 Å². The lowest BCUT2D eigenvalue weighted by Crippen LogP contribution is -2.28. The van der Waals surface area contributed by atoms with E-state index in [4.69, 9.17) is 11.6 Å². The number of carbonyl (C=O) groups excluding carboxylic acids is 1. The fourth-order valence-corrected chi connectivity index (χ4v) is 2.43. The molecule has 1 aliphatic heterocycles. The van der Waals surface area contributed by atoms with Gasteiger partial charge in [-0.15, -0.1) is 0 Å². The Kier molecular flexibility index (Phi) is 3.62. The summed E-state index contributed by atoms with van der Waals surface area (Å²) in [5.74, 6) is 0.0131. The molecule has 0 atom stereocenters. The monoisotopic (exact) mass is 299 g/mol. The summed E-state index contributed by atoms with van der Waals surface area (Å²) in [7, 11) is 0. The van der Waals surface area contributed by atoms with Crippen LogP contribution >= 0.6 is 11.6 Å². The van der Waals surface area contributed by atoms with Crippen molar-refractivity contribution < 1.29 is 4.79 Å². The van der Waals surface area contributed by atoms with E-state index in [1.165, 1.54) is 0 Å². The van der Waals surface area contributed by atoms with Crippen LogP contribution in [0.25, 0.3) is 0 Å². The van der Waals surface area contributed by atoms with E-state index in [0.717, 1.165) is 22.6 Å². The van der Waals surface area contributed by atoms with E-state index in [2.05, 4.69) is 10.5 Å². The Hall–Kier alpha value is -2.33. The van der Waals surface area contributed by atoms with E-state index in [0.29, 0.717) is 11.6 Å². The predicted molar refractivity (Wildman–Crippen MR) is 86.1 cm³/mol. The predicted octanol–water partition coefficient (Wildman–Crippen LogP) is 3.52. The number of benzene rings is 2. The SMILES string of the molecule is CC(=O)N1C/C(=N\Nc2ccc(Cl)cc2)c2ccccc21. The number of rotatable bonds is 2. The van der Waals surface area contributed by atoms with Crippen LogP contribution in [0.1, 0.15) is 12.5 Å². The Balaban J connectivity index is 1.88.